The Bertz CT molecular complexity index is 686. The summed E-state index contributed by atoms with van der Waals surface area (Å²) in [7, 11) is 0. The van der Waals surface area contributed by atoms with Gasteiger partial charge in [-0.2, -0.15) is 0 Å². The number of carbonyl (C=O) groups excluding carboxylic acids is 2. The van der Waals surface area contributed by atoms with Gasteiger partial charge in [-0.1, -0.05) is 11.6 Å². The molecule has 1 aromatic rings. The molecular formula is C18H28N6O3. The first-order chi connectivity index (χ1) is 13.1. The number of morpholine rings is 1. The Morgan fingerprint density at radius 2 is 2.26 bits per heavy atom. The fraction of sp³-hybridized carbons (Fsp3) is 0.722. The van der Waals surface area contributed by atoms with Crippen molar-refractivity contribution in [3.63, 3.8) is 0 Å². The molecule has 0 spiro atoms. The van der Waals surface area contributed by atoms with Crippen LogP contribution < -0.4 is 5.32 Å². The van der Waals surface area contributed by atoms with Gasteiger partial charge in [-0.05, 0) is 43.0 Å². The SMILES string of the molecule is Cc1nnnn1CCC(=O)N1CCOCC1CC(=O)NCC1=CCCCC1. The number of nitrogens with one attached hydrogen (secondary N) is 1. The Labute approximate surface area is 159 Å². The number of rotatable bonds is 7. The second-order valence-electron chi connectivity index (χ2n) is 7.10. The van der Waals surface area contributed by atoms with Crippen molar-refractivity contribution in [2.75, 3.05) is 26.3 Å². The van der Waals surface area contributed by atoms with E-state index in [1.165, 1.54) is 18.4 Å². The number of carbonyl (C=O) groups is 2. The van der Waals surface area contributed by atoms with Crippen molar-refractivity contribution >= 4 is 11.8 Å². The lowest BCUT2D eigenvalue weighted by Gasteiger charge is -2.35. The van der Waals surface area contributed by atoms with E-state index in [-0.39, 0.29) is 24.3 Å². The molecular weight excluding hydrogens is 348 g/mol. The summed E-state index contributed by atoms with van der Waals surface area (Å²) in [5.74, 6) is 0.643. The van der Waals surface area contributed by atoms with Crippen LogP contribution in [0.1, 0.15) is 44.3 Å². The highest BCUT2D eigenvalue weighted by atomic mass is 16.5. The van der Waals surface area contributed by atoms with E-state index in [1.54, 1.807) is 16.5 Å². The Balaban J connectivity index is 1.48. The first-order valence-corrected chi connectivity index (χ1v) is 9.68. The fourth-order valence-corrected chi connectivity index (χ4v) is 3.52. The standard InChI is InChI=1S/C18H28N6O3/c1-14-20-21-22-24(14)8-7-18(26)23-9-10-27-13-16(23)11-17(25)19-12-15-5-3-2-4-6-15/h5,16H,2-4,6-13H2,1H3,(H,19,25). The van der Waals surface area contributed by atoms with Crippen LogP contribution in [-0.4, -0.2) is 69.3 Å². The molecule has 1 fully saturated rings. The molecule has 0 radical (unpaired) electrons. The largest absolute Gasteiger partial charge is 0.377 e. The van der Waals surface area contributed by atoms with Crippen molar-refractivity contribution in [1.29, 1.82) is 0 Å². The summed E-state index contributed by atoms with van der Waals surface area (Å²) in [5, 5.41) is 14.3. The molecule has 1 unspecified atom stereocenters. The molecule has 2 amide bonds. The summed E-state index contributed by atoms with van der Waals surface area (Å²) in [6, 6.07) is -0.221. The maximum atomic E-state index is 12.6. The maximum Gasteiger partial charge on any atom is 0.224 e. The molecule has 1 saturated heterocycles. The molecule has 27 heavy (non-hydrogen) atoms. The average molecular weight is 376 g/mol. The van der Waals surface area contributed by atoms with E-state index in [2.05, 4.69) is 26.9 Å². The number of aryl methyl sites for hydroxylation is 2. The van der Waals surface area contributed by atoms with Crippen molar-refractivity contribution in [3.05, 3.63) is 17.5 Å². The van der Waals surface area contributed by atoms with Gasteiger partial charge in [0.05, 0.1) is 25.8 Å². The van der Waals surface area contributed by atoms with Gasteiger partial charge in [0.25, 0.3) is 0 Å². The number of aromatic nitrogens is 4. The van der Waals surface area contributed by atoms with Gasteiger partial charge in [0.2, 0.25) is 11.8 Å². The third-order valence-electron chi connectivity index (χ3n) is 5.11. The summed E-state index contributed by atoms with van der Waals surface area (Å²) in [4.78, 5) is 26.8. The van der Waals surface area contributed by atoms with Gasteiger partial charge in [0.1, 0.15) is 5.82 Å². The molecule has 1 atom stereocenters. The van der Waals surface area contributed by atoms with Gasteiger partial charge < -0.3 is 15.0 Å². The number of allylic oxidation sites excluding steroid dienone is 1. The van der Waals surface area contributed by atoms with Gasteiger partial charge in [-0.15, -0.1) is 5.10 Å². The van der Waals surface area contributed by atoms with Crippen molar-refractivity contribution in [3.8, 4) is 0 Å². The average Bonchev–Trinajstić information content (AvgIpc) is 3.10. The first kappa shape index (κ1) is 19.5. The first-order valence-electron chi connectivity index (χ1n) is 9.68. The molecule has 1 aliphatic heterocycles. The summed E-state index contributed by atoms with van der Waals surface area (Å²) in [6.45, 7) is 4.25. The van der Waals surface area contributed by atoms with Crippen LogP contribution in [0.2, 0.25) is 0 Å². The van der Waals surface area contributed by atoms with Crippen molar-refractivity contribution < 1.29 is 14.3 Å². The topological polar surface area (TPSA) is 102 Å². The van der Waals surface area contributed by atoms with Crippen LogP contribution in [0.25, 0.3) is 0 Å². The molecule has 3 rings (SSSR count). The van der Waals surface area contributed by atoms with Crippen molar-refractivity contribution in [2.45, 2.75) is 58.0 Å². The molecule has 9 nitrogen and oxygen atoms in total. The highest BCUT2D eigenvalue weighted by molar-refractivity contribution is 5.80. The highest BCUT2D eigenvalue weighted by Gasteiger charge is 2.29. The predicted molar refractivity (Wildman–Crippen MR) is 97.7 cm³/mol. The van der Waals surface area contributed by atoms with Crippen LogP contribution in [-0.2, 0) is 20.9 Å². The minimum absolute atomic E-state index is 0.000916. The van der Waals surface area contributed by atoms with E-state index in [1.807, 2.05) is 0 Å². The molecule has 2 heterocycles. The van der Waals surface area contributed by atoms with Crippen LogP contribution >= 0.6 is 0 Å². The van der Waals surface area contributed by atoms with Crippen molar-refractivity contribution in [1.82, 2.24) is 30.4 Å². The zero-order chi connectivity index (χ0) is 19.1. The number of amides is 2. The zero-order valence-corrected chi connectivity index (χ0v) is 15.9. The highest BCUT2D eigenvalue weighted by Crippen LogP contribution is 2.17. The molecule has 1 aliphatic carbocycles. The van der Waals surface area contributed by atoms with Crippen LogP contribution in [0, 0.1) is 6.92 Å². The number of tetrazole rings is 1. The van der Waals surface area contributed by atoms with Gasteiger partial charge in [-0.25, -0.2) is 4.68 Å². The van der Waals surface area contributed by atoms with Crippen molar-refractivity contribution in [2.24, 2.45) is 0 Å². The maximum absolute atomic E-state index is 12.6. The molecule has 0 aromatic carbocycles. The molecule has 2 aliphatic rings. The molecule has 1 N–H and O–H groups in total. The molecule has 0 bridgehead atoms. The van der Waals surface area contributed by atoms with Gasteiger partial charge in [-0.3, -0.25) is 9.59 Å². The van der Waals surface area contributed by atoms with Gasteiger partial charge >= 0.3 is 0 Å². The minimum Gasteiger partial charge on any atom is -0.377 e. The third-order valence-corrected chi connectivity index (χ3v) is 5.11. The zero-order valence-electron chi connectivity index (χ0n) is 15.9. The Kier molecular flexibility index (Phi) is 6.92. The summed E-state index contributed by atoms with van der Waals surface area (Å²) in [5.41, 5.74) is 1.30. The predicted octanol–water partition coefficient (Wildman–Crippen LogP) is 0.606. The minimum atomic E-state index is -0.221. The Hall–Kier alpha value is -2.29. The van der Waals surface area contributed by atoms with Crippen LogP contribution in [0.5, 0.6) is 0 Å². The third kappa shape index (κ3) is 5.59. The molecule has 148 valence electrons. The van der Waals surface area contributed by atoms with E-state index in [4.69, 9.17) is 4.74 Å². The summed E-state index contributed by atoms with van der Waals surface area (Å²) >= 11 is 0. The van der Waals surface area contributed by atoms with Crippen LogP contribution in [0.3, 0.4) is 0 Å². The smallest absolute Gasteiger partial charge is 0.224 e. The summed E-state index contributed by atoms with van der Waals surface area (Å²) < 4.78 is 7.11. The number of ether oxygens (including phenoxy) is 1. The Morgan fingerprint density at radius 3 is 3.00 bits per heavy atom. The second kappa shape index (κ2) is 9.59. The number of hydrogen-bond donors (Lipinski definition) is 1. The molecule has 1 aromatic heterocycles. The van der Waals surface area contributed by atoms with Crippen LogP contribution in [0.15, 0.2) is 11.6 Å². The van der Waals surface area contributed by atoms with Gasteiger partial charge in [0, 0.05) is 25.9 Å². The fourth-order valence-electron chi connectivity index (χ4n) is 3.52. The van der Waals surface area contributed by atoms with Crippen LogP contribution in [0.4, 0.5) is 0 Å². The van der Waals surface area contributed by atoms with E-state index < -0.39 is 0 Å². The second-order valence-corrected chi connectivity index (χ2v) is 7.10. The Morgan fingerprint density at radius 1 is 1.37 bits per heavy atom. The van der Waals surface area contributed by atoms with E-state index in [0.717, 1.165) is 12.8 Å². The number of nitrogens with zero attached hydrogens (tertiary/aromatic N) is 5. The van der Waals surface area contributed by atoms with E-state index in [9.17, 15) is 9.59 Å². The normalized spacial score (nSPS) is 20.3. The summed E-state index contributed by atoms with van der Waals surface area (Å²) in [6.07, 6.45) is 7.39. The molecule has 0 saturated carbocycles. The van der Waals surface area contributed by atoms with Gasteiger partial charge in [0.15, 0.2) is 0 Å². The lowest BCUT2D eigenvalue weighted by Crippen LogP contribution is -2.50. The quantitative estimate of drug-likeness (QED) is 0.700. The van der Waals surface area contributed by atoms with E-state index >= 15 is 0 Å². The lowest BCUT2D eigenvalue weighted by atomic mass is 9.99. The van der Waals surface area contributed by atoms with E-state index in [0.29, 0.717) is 45.1 Å². The lowest BCUT2D eigenvalue weighted by molar-refractivity contribution is -0.141. The monoisotopic (exact) mass is 376 g/mol. The molecule has 9 heteroatoms. The number of hydrogen-bond acceptors (Lipinski definition) is 6.